The van der Waals surface area contributed by atoms with Crippen molar-refractivity contribution in [1.29, 1.82) is 0 Å². The van der Waals surface area contributed by atoms with E-state index in [9.17, 15) is 0 Å². The molecule has 112 valence electrons. The molecule has 2 rings (SSSR count). The van der Waals surface area contributed by atoms with Gasteiger partial charge in [-0.3, -0.25) is 0 Å². The summed E-state index contributed by atoms with van der Waals surface area (Å²) in [5.41, 5.74) is 1.17. The van der Waals surface area contributed by atoms with E-state index in [0.717, 1.165) is 18.2 Å². The summed E-state index contributed by atoms with van der Waals surface area (Å²) in [6.07, 6.45) is 4.30. The number of hydrogen-bond donors (Lipinski definition) is 2. The van der Waals surface area contributed by atoms with Gasteiger partial charge in [0.25, 0.3) is 0 Å². The average Bonchev–Trinajstić information content (AvgIpc) is 2.90. The maximum absolute atomic E-state index is 4.44. The molecule has 20 heavy (non-hydrogen) atoms. The predicted octanol–water partition coefficient (Wildman–Crippen LogP) is 2.54. The van der Waals surface area contributed by atoms with Crippen LogP contribution in [-0.2, 0) is 0 Å². The summed E-state index contributed by atoms with van der Waals surface area (Å²) in [5.74, 6) is 2.28. The second-order valence-corrected chi connectivity index (χ2v) is 5.94. The van der Waals surface area contributed by atoms with Crippen LogP contribution in [0, 0.1) is 0 Å². The molecule has 1 fully saturated rings. The first-order chi connectivity index (χ1) is 9.61. The second kappa shape index (κ2) is 6.88. The van der Waals surface area contributed by atoms with Crippen LogP contribution in [0.25, 0.3) is 0 Å². The minimum atomic E-state index is 0.389. The predicted molar refractivity (Wildman–Crippen MR) is 84.4 cm³/mol. The van der Waals surface area contributed by atoms with Crippen LogP contribution >= 0.6 is 0 Å². The van der Waals surface area contributed by atoms with Crippen molar-refractivity contribution >= 4 is 11.6 Å². The van der Waals surface area contributed by atoms with Crippen molar-refractivity contribution < 1.29 is 0 Å². The van der Waals surface area contributed by atoms with E-state index >= 15 is 0 Å². The van der Waals surface area contributed by atoms with Crippen molar-refractivity contribution in [1.82, 2.24) is 14.9 Å². The molecule has 0 spiro atoms. The van der Waals surface area contributed by atoms with E-state index in [4.69, 9.17) is 0 Å². The SMILES string of the molecule is CNc1ncnc(NC(C)CN2CCCC2)c1C(C)C. The van der Waals surface area contributed by atoms with Gasteiger partial charge in [0.05, 0.1) is 0 Å². The highest BCUT2D eigenvalue weighted by molar-refractivity contribution is 5.59. The Bertz CT molecular complexity index is 426. The molecule has 1 unspecified atom stereocenters. The molecule has 5 heteroatoms. The molecular formula is C15H27N5. The third kappa shape index (κ3) is 3.60. The second-order valence-electron chi connectivity index (χ2n) is 5.94. The maximum atomic E-state index is 4.44. The quantitative estimate of drug-likeness (QED) is 0.837. The van der Waals surface area contributed by atoms with E-state index < -0.39 is 0 Å². The van der Waals surface area contributed by atoms with Crippen LogP contribution in [0.2, 0.25) is 0 Å². The average molecular weight is 277 g/mol. The van der Waals surface area contributed by atoms with Gasteiger partial charge in [-0.05, 0) is 38.8 Å². The Morgan fingerprint density at radius 3 is 2.40 bits per heavy atom. The van der Waals surface area contributed by atoms with E-state index in [0.29, 0.717) is 12.0 Å². The Balaban J connectivity index is 2.07. The first-order valence-electron chi connectivity index (χ1n) is 7.63. The Labute approximate surface area is 122 Å². The summed E-state index contributed by atoms with van der Waals surface area (Å²) >= 11 is 0. The summed E-state index contributed by atoms with van der Waals surface area (Å²) in [5, 5.41) is 6.72. The highest BCUT2D eigenvalue weighted by Crippen LogP contribution is 2.28. The smallest absolute Gasteiger partial charge is 0.135 e. The molecule has 1 aromatic rings. The molecule has 1 aliphatic rings. The molecule has 0 bridgehead atoms. The van der Waals surface area contributed by atoms with Gasteiger partial charge < -0.3 is 15.5 Å². The van der Waals surface area contributed by atoms with Crippen LogP contribution in [0.4, 0.5) is 11.6 Å². The number of nitrogens with zero attached hydrogens (tertiary/aromatic N) is 3. The molecule has 0 amide bonds. The lowest BCUT2D eigenvalue weighted by atomic mass is 10.0. The molecular weight excluding hydrogens is 250 g/mol. The van der Waals surface area contributed by atoms with Crippen LogP contribution in [0.15, 0.2) is 6.33 Å². The topological polar surface area (TPSA) is 53.1 Å². The van der Waals surface area contributed by atoms with Crippen LogP contribution in [0.5, 0.6) is 0 Å². The van der Waals surface area contributed by atoms with E-state index in [1.807, 2.05) is 7.05 Å². The molecule has 2 heterocycles. The van der Waals surface area contributed by atoms with Crippen LogP contribution in [0.1, 0.15) is 45.1 Å². The normalized spacial score (nSPS) is 17.4. The van der Waals surface area contributed by atoms with Crippen molar-refractivity contribution in [3.05, 3.63) is 11.9 Å². The van der Waals surface area contributed by atoms with Gasteiger partial charge in [-0.2, -0.15) is 0 Å². The van der Waals surface area contributed by atoms with Crippen molar-refractivity contribution in [2.24, 2.45) is 0 Å². The monoisotopic (exact) mass is 277 g/mol. The number of anilines is 2. The molecule has 1 aromatic heterocycles. The largest absolute Gasteiger partial charge is 0.373 e. The zero-order chi connectivity index (χ0) is 14.5. The Morgan fingerprint density at radius 2 is 1.80 bits per heavy atom. The standard InChI is InChI=1S/C15H27N5/c1-11(2)13-14(16-4)17-10-18-15(13)19-12(3)9-20-7-5-6-8-20/h10-12H,5-9H2,1-4H3,(H2,16,17,18,19). The van der Waals surface area contributed by atoms with Crippen molar-refractivity contribution in [2.45, 2.75) is 45.6 Å². The number of nitrogens with one attached hydrogen (secondary N) is 2. The third-order valence-corrected chi connectivity index (χ3v) is 3.81. The highest BCUT2D eigenvalue weighted by Gasteiger charge is 2.18. The lowest BCUT2D eigenvalue weighted by molar-refractivity contribution is 0.327. The molecule has 0 saturated carbocycles. The van der Waals surface area contributed by atoms with Gasteiger partial charge in [0, 0.05) is 25.2 Å². The molecule has 5 nitrogen and oxygen atoms in total. The van der Waals surface area contributed by atoms with Gasteiger partial charge in [0.1, 0.15) is 18.0 Å². The summed E-state index contributed by atoms with van der Waals surface area (Å²) < 4.78 is 0. The lowest BCUT2D eigenvalue weighted by Gasteiger charge is -2.24. The van der Waals surface area contributed by atoms with E-state index in [-0.39, 0.29) is 0 Å². The number of likely N-dealkylation sites (tertiary alicyclic amines) is 1. The Kier molecular flexibility index (Phi) is 5.17. The minimum Gasteiger partial charge on any atom is -0.373 e. The summed E-state index contributed by atoms with van der Waals surface area (Å²) in [4.78, 5) is 11.3. The number of rotatable bonds is 6. The van der Waals surface area contributed by atoms with E-state index in [2.05, 4.69) is 46.3 Å². The third-order valence-electron chi connectivity index (χ3n) is 3.81. The van der Waals surface area contributed by atoms with Gasteiger partial charge in [-0.1, -0.05) is 13.8 Å². The van der Waals surface area contributed by atoms with Gasteiger partial charge in [0.2, 0.25) is 0 Å². The fraction of sp³-hybridized carbons (Fsp3) is 0.733. The molecule has 1 saturated heterocycles. The zero-order valence-corrected chi connectivity index (χ0v) is 13.1. The van der Waals surface area contributed by atoms with Crippen molar-refractivity contribution in [3.8, 4) is 0 Å². The summed E-state index contributed by atoms with van der Waals surface area (Å²) in [7, 11) is 1.91. The zero-order valence-electron chi connectivity index (χ0n) is 13.1. The van der Waals surface area contributed by atoms with Gasteiger partial charge in [-0.25, -0.2) is 9.97 Å². The van der Waals surface area contributed by atoms with Crippen molar-refractivity contribution in [2.75, 3.05) is 37.3 Å². The molecule has 0 aliphatic carbocycles. The van der Waals surface area contributed by atoms with Gasteiger partial charge in [-0.15, -0.1) is 0 Å². The van der Waals surface area contributed by atoms with Crippen LogP contribution < -0.4 is 10.6 Å². The minimum absolute atomic E-state index is 0.389. The summed E-state index contributed by atoms with van der Waals surface area (Å²) in [6.45, 7) is 10.1. The van der Waals surface area contributed by atoms with E-state index in [1.54, 1.807) is 6.33 Å². The maximum Gasteiger partial charge on any atom is 0.135 e. The summed E-state index contributed by atoms with van der Waals surface area (Å²) in [6, 6.07) is 0.394. The number of aromatic nitrogens is 2. The highest BCUT2D eigenvalue weighted by atomic mass is 15.2. The van der Waals surface area contributed by atoms with Crippen LogP contribution in [-0.4, -0.2) is 47.6 Å². The van der Waals surface area contributed by atoms with E-state index in [1.165, 1.54) is 31.5 Å². The van der Waals surface area contributed by atoms with Gasteiger partial charge >= 0.3 is 0 Å². The van der Waals surface area contributed by atoms with Crippen LogP contribution in [0.3, 0.4) is 0 Å². The molecule has 2 N–H and O–H groups in total. The fourth-order valence-electron chi connectivity index (χ4n) is 2.89. The fourth-order valence-corrected chi connectivity index (χ4v) is 2.89. The first kappa shape index (κ1) is 15.0. The first-order valence-corrected chi connectivity index (χ1v) is 7.63. The molecule has 1 aliphatic heterocycles. The lowest BCUT2D eigenvalue weighted by Crippen LogP contribution is -2.33. The number of hydrogen-bond acceptors (Lipinski definition) is 5. The molecule has 1 atom stereocenters. The molecule has 0 aromatic carbocycles. The Morgan fingerprint density at radius 1 is 1.15 bits per heavy atom. The van der Waals surface area contributed by atoms with Crippen molar-refractivity contribution in [3.63, 3.8) is 0 Å². The molecule has 0 radical (unpaired) electrons. The van der Waals surface area contributed by atoms with Gasteiger partial charge in [0.15, 0.2) is 0 Å². The Hall–Kier alpha value is -1.36.